The second-order valence-electron chi connectivity index (χ2n) is 1.55. The molecule has 0 radical (unpaired) electrons. The Balaban J connectivity index is 0.000000461. The summed E-state index contributed by atoms with van der Waals surface area (Å²) >= 11 is 0. The van der Waals surface area contributed by atoms with Crippen LogP contribution in [0.1, 0.15) is 24.3 Å². The van der Waals surface area contributed by atoms with E-state index in [0.29, 0.717) is 0 Å². The first-order chi connectivity index (χ1) is 5.22. The molecule has 0 bridgehead atoms. The van der Waals surface area contributed by atoms with Crippen LogP contribution in [0.15, 0.2) is 12.5 Å². The second-order valence-corrected chi connectivity index (χ2v) is 1.55. The predicted molar refractivity (Wildman–Crippen MR) is 42.2 cm³/mol. The summed E-state index contributed by atoms with van der Waals surface area (Å²) in [5, 5.41) is 0. The number of nitrogen functional groups attached to an aromatic ring is 1. The zero-order chi connectivity index (χ0) is 8.85. The summed E-state index contributed by atoms with van der Waals surface area (Å²) < 4.78 is 1.07. The Bertz CT molecular complexity index is 230. The van der Waals surface area contributed by atoms with Crippen molar-refractivity contribution in [1.29, 1.82) is 0 Å². The van der Waals surface area contributed by atoms with Gasteiger partial charge in [0, 0.05) is 0 Å². The van der Waals surface area contributed by atoms with Gasteiger partial charge < -0.3 is 11.6 Å². The second kappa shape index (κ2) is 4.32. The van der Waals surface area contributed by atoms with Gasteiger partial charge in [0.2, 0.25) is 0 Å². The van der Waals surface area contributed by atoms with E-state index in [0.717, 1.165) is 4.68 Å². The molecule has 62 valence electrons. The van der Waals surface area contributed by atoms with Crippen LogP contribution in [0, 0.1) is 0 Å². The Labute approximate surface area is 65.0 Å². The van der Waals surface area contributed by atoms with Crippen LogP contribution in [0.5, 0.6) is 0 Å². The minimum Gasteiger partial charge on any atom is -0.364 e. The monoisotopic (exact) mass is 156 g/mol. The van der Waals surface area contributed by atoms with Crippen LogP contribution in [-0.4, -0.2) is 15.6 Å². The van der Waals surface area contributed by atoms with Crippen molar-refractivity contribution in [3.8, 4) is 0 Å². The summed E-state index contributed by atoms with van der Waals surface area (Å²) in [6.07, 6.45) is 2.61. The molecule has 1 amide bonds. The van der Waals surface area contributed by atoms with E-state index < -0.39 is 5.91 Å². The number of imidazole rings is 1. The van der Waals surface area contributed by atoms with E-state index in [2.05, 4.69) is 4.98 Å². The molecular weight excluding hydrogens is 144 g/mol. The molecule has 0 aliphatic rings. The molecule has 4 N–H and O–H groups in total. The lowest BCUT2D eigenvalue weighted by Gasteiger charge is -1.92. The van der Waals surface area contributed by atoms with Gasteiger partial charge in [0.05, 0.1) is 6.20 Å². The van der Waals surface area contributed by atoms with E-state index in [1.807, 2.05) is 13.8 Å². The van der Waals surface area contributed by atoms with Crippen LogP contribution in [0.4, 0.5) is 0 Å². The third-order valence-electron chi connectivity index (χ3n) is 0.919. The van der Waals surface area contributed by atoms with E-state index >= 15 is 0 Å². The molecule has 0 aliphatic carbocycles. The standard InChI is InChI=1S/C4H6N4O.C2H6/c5-4(9)3-1-7-2-8(3)6;1-2/h1-2H,6H2,(H2,5,9);1-2H3. The Hall–Kier alpha value is -1.52. The van der Waals surface area contributed by atoms with E-state index in [4.69, 9.17) is 11.6 Å². The van der Waals surface area contributed by atoms with Gasteiger partial charge in [0.1, 0.15) is 12.0 Å². The van der Waals surface area contributed by atoms with Gasteiger partial charge in [-0.15, -0.1) is 0 Å². The lowest BCUT2D eigenvalue weighted by atomic mass is 10.5. The highest BCUT2D eigenvalue weighted by molar-refractivity contribution is 5.90. The number of hydrogen-bond acceptors (Lipinski definition) is 3. The van der Waals surface area contributed by atoms with E-state index in [1.165, 1.54) is 12.5 Å². The summed E-state index contributed by atoms with van der Waals surface area (Å²) in [7, 11) is 0. The van der Waals surface area contributed by atoms with Gasteiger partial charge in [-0.05, 0) is 0 Å². The molecule has 0 aromatic carbocycles. The maximum Gasteiger partial charge on any atom is 0.268 e. The molecule has 0 saturated carbocycles. The van der Waals surface area contributed by atoms with Gasteiger partial charge in [-0.1, -0.05) is 13.8 Å². The third kappa shape index (κ3) is 2.29. The van der Waals surface area contributed by atoms with Crippen molar-refractivity contribution in [1.82, 2.24) is 9.66 Å². The minimum atomic E-state index is -0.574. The molecule has 0 atom stereocenters. The molecule has 5 heteroatoms. The fourth-order valence-electron chi connectivity index (χ4n) is 0.495. The number of hydrogen-bond donors (Lipinski definition) is 2. The normalized spacial score (nSPS) is 8.18. The highest BCUT2D eigenvalue weighted by atomic mass is 16.1. The number of nitrogens with two attached hydrogens (primary N) is 2. The first-order valence-electron chi connectivity index (χ1n) is 3.29. The lowest BCUT2D eigenvalue weighted by Crippen LogP contribution is -2.20. The summed E-state index contributed by atoms with van der Waals surface area (Å²) in [5.74, 6) is 4.62. The van der Waals surface area contributed by atoms with Gasteiger partial charge >= 0.3 is 0 Å². The minimum absolute atomic E-state index is 0.204. The SMILES string of the molecule is CC.NC(=O)c1cncn1N. The van der Waals surface area contributed by atoms with E-state index in [-0.39, 0.29) is 5.69 Å². The highest BCUT2D eigenvalue weighted by Crippen LogP contribution is 1.89. The van der Waals surface area contributed by atoms with Crippen molar-refractivity contribution in [2.45, 2.75) is 13.8 Å². The number of nitrogens with zero attached hydrogens (tertiary/aromatic N) is 2. The Morgan fingerprint density at radius 3 is 2.36 bits per heavy atom. The van der Waals surface area contributed by atoms with Crippen LogP contribution >= 0.6 is 0 Å². The van der Waals surface area contributed by atoms with E-state index in [1.54, 1.807) is 0 Å². The predicted octanol–water partition coefficient (Wildman–Crippen LogP) is -0.278. The topological polar surface area (TPSA) is 86.9 Å². The summed E-state index contributed by atoms with van der Waals surface area (Å²) in [6.45, 7) is 4.00. The maximum absolute atomic E-state index is 10.4. The molecule has 1 aromatic rings. The van der Waals surface area contributed by atoms with Gasteiger partial charge in [0.25, 0.3) is 5.91 Å². The van der Waals surface area contributed by atoms with Crippen LogP contribution < -0.4 is 11.6 Å². The summed E-state index contributed by atoms with van der Waals surface area (Å²) in [4.78, 5) is 13.9. The molecule has 1 rings (SSSR count). The number of carbonyl (C=O) groups excluding carboxylic acids is 1. The van der Waals surface area contributed by atoms with Crippen molar-refractivity contribution in [2.24, 2.45) is 5.73 Å². The van der Waals surface area contributed by atoms with Gasteiger partial charge in [0.15, 0.2) is 0 Å². The molecule has 0 saturated heterocycles. The smallest absolute Gasteiger partial charge is 0.268 e. The average Bonchev–Trinajstić information content (AvgIpc) is 2.39. The number of aromatic nitrogens is 2. The first kappa shape index (κ1) is 9.48. The fraction of sp³-hybridized carbons (Fsp3) is 0.333. The molecule has 0 fully saturated rings. The Kier molecular flexibility index (Phi) is 3.72. The fourth-order valence-corrected chi connectivity index (χ4v) is 0.495. The molecule has 1 heterocycles. The van der Waals surface area contributed by atoms with Gasteiger partial charge in [-0.3, -0.25) is 4.79 Å². The molecule has 0 aliphatic heterocycles. The molecular formula is C6H12N4O. The summed E-state index contributed by atoms with van der Waals surface area (Å²) in [5.41, 5.74) is 5.08. The lowest BCUT2D eigenvalue weighted by molar-refractivity contribution is 0.0993. The number of carbonyl (C=O) groups is 1. The number of amides is 1. The molecule has 0 unspecified atom stereocenters. The van der Waals surface area contributed by atoms with Gasteiger partial charge in [-0.25, -0.2) is 9.66 Å². The van der Waals surface area contributed by atoms with Crippen LogP contribution in [0.25, 0.3) is 0 Å². The largest absolute Gasteiger partial charge is 0.364 e. The van der Waals surface area contributed by atoms with Crippen molar-refractivity contribution in [2.75, 3.05) is 5.84 Å². The first-order valence-corrected chi connectivity index (χ1v) is 3.29. The van der Waals surface area contributed by atoms with Crippen molar-refractivity contribution >= 4 is 5.91 Å². The van der Waals surface area contributed by atoms with Gasteiger partial charge in [-0.2, -0.15) is 0 Å². The quantitative estimate of drug-likeness (QED) is 0.548. The van der Waals surface area contributed by atoms with Crippen molar-refractivity contribution < 1.29 is 4.79 Å². The van der Waals surface area contributed by atoms with Crippen molar-refractivity contribution in [3.63, 3.8) is 0 Å². The Morgan fingerprint density at radius 2 is 2.18 bits per heavy atom. The molecule has 11 heavy (non-hydrogen) atoms. The number of rotatable bonds is 1. The summed E-state index contributed by atoms with van der Waals surface area (Å²) in [6, 6.07) is 0. The van der Waals surface area contributed by atoms with Crippen LogP contribution in [0.3, 0.4) is 0 Å². The van der Waals surface area contributed by atoms with E-state index in [9.17, 15) is 4.79 Å². The van der Waals surface area contributed by atoms with Crippen LogP contribution in [-0.2, 0) is 0 Å². The third-order valence-corrected chi connectivity index (χ3v) is 0.919. The molecule has 5 nitrogen and oxygen atoms in total. The number of primary amides is 1. The molecule has 1 aromatic heterocycles. The zero-order valence-corrected chi connectivity index (χ0v) is 6.61. The molecule has 0 spiro atoms. The average molecular weight is 156 g/mol. The zero-order valence-electron chi connectivity index (χ0n) is 6.61. The van der Waals surface area contributed by atoms with Crippen molar-refractivity contribution in [3.05, 3.63) is 18.2 Å². The highest BCUT2D eigenvalue weighted by Gasteiger charge is 2.02. The maximum atomic E-state index is 10.4. The van der Waals surface area contributed by atoms with Crippen LogP contribution in [0.2, 0.25) is 0 Å². The Morgan fingerprint density at radius 1 is 1.64 bits per heavy atom.